The molecule has 4 heteroatoms. The Morgan fingerprint density at radius 2 is 1.61 bits per heavy atom. The Bertz CT molecular complexity index is 841. The van der Waals surface area contributed by atoms with Gasteiger partial charge in [-0.25, -0.2) is 4.79 Å². The van der Waals surface area contributed by atoms with Crippen molar-refractivity contribution in [2.75, 3.05) is 7.11 Å². The quantitative estimate of drug-likeness (QED) is 0.498. The van der Waals surface area contributed by atoms with Crippen molar-refractivity contribution in [1.82, 2.24) is 0 Å². The largest absolute Gasteiger partial charge is 0.465 e. The summed E-state index contributed by atoms with van der Waals surface area (Å²) in [5, 5.41) is 1.99. The third-order valence-corrected chi connectivity index (χ3v) is 4.23. The van der Waals surface area contributed by atoms with Gasteiger partial charge in [0, 0.05) is 4.90 Å². The normalized spacial score (nSPS) is 10.5. The van der Waals surface area contributed by atoms with Crippen LogP contribution in [0.3, 0.4) is 0 Å². The number of methoxy groups -OCH3 is 1. The van der Waals surface area contributed by atoms with E-state index >= 15 is 0 Å². The van der Waals surface area contributed by atoms with Crippen molar-refractivity contribution < 1.29 is 13.7 Å². The van der Waals surface area contributed by atoms with Gasteiger partial charge in [-0.2, -0.15) is 0 Å². The fraction of sp³-hybridized carbons (Fsp3) is 0.105. The minimum absolute atomic E-state index is 0.331. The topological polar surface area (TPSA) is 35.5 Å². The molecule has 0 radical (unpaired) electrons. The zero-order chi connectivity index (χ0) is 16.2. The maximum Gasteiger partial charge on any atom is 0.337 e. The van der Waals surface area contributed by atoms with E-state index in [0.29, 0.717) is 5.56 Å². The number of benzene rings is 3. The maximum absolute atomic E-state index is 11.6. The lowest BCUT2D eigenvalue weighted by Gasteiger charge is -2.07. The van der Waals surface area contributed by atoms with Crippen LogP contribution in [0.5, 0.6) is 5.75 Å². The van der Waals surface area contributed by atoms with Crippen LogP contribution in [-0.4, -0.2) is 13.1 Å². The Kier molecular flexibility index (Phi) is 4.53. The molecule has 0 spiro atoms. The Labute approximate surface area is 139 Å². The lowest BCUT2D eigenvalue weighted by atomic mass is 10.1. The van der Waals surface area contributed by atoms with Crippen molar-refractivity contribution in [3.05, 3.63) is 71.8 Å². The summed E-state index contributed by atoms with van der Waals surface area (Å²) in [6, 6.07) is 19.4. The van der Waals surface area contributed by atoms with Crippen molar-refractivity contribution in [1.29, 1.82) is 0 Å². The summed E-state index contributed by atoms with van der Waals surface area (Å²) in [6.45, 7) is 2.06. The molecule has 3 rings (SSSR count). The van der Waals surface area contributed by atoms with Gasteiger partial charge in [-0.15, -0.1) is 0 Å². The minimum Gasteiger partial charge on any atom is -0.465 e. The summed E-state index contributed by atoms with van der Waals surface area (Å²) < 4.78 is 10.5. The van der Waals surface area contributed by atoms with E-state index in [1.54, 1.807) is 6.07 Å². The lowest BCUT2D eigenvalue weighted by Crippen LogP contribution is -2.00. The molecule has 3 aromatic carbocycles. The Hall–Kier alpha value is -2.46. The Morgan fingerprint density at radius 1 is 0.913 bits per heavy atom. The monoisotopic (exact) mass is 324 g/mol. The third-order valence-electron chi connectivity index (χ3n) is 3.49. The average molecular weight is 324 g/mol. The van der Waals surface area contributed by atoms with E-state index in [0.717, 1.165) is 21.4 Å². The molecule has 3 aromatic rings. The smallest absolute Gasteiger partial charge is 0.337 e. The van der Waals surface area contributed by atoms with Gasteiger partial charge in [0.25, 0.3) is 0 Å². The van der Waals surface area contributed by atoms with E-state index < -0.39 is 0 Å². The van der Waals surface area contributed by atoms with Gasteiger partial charge in [0.15, 0.2) is 0 Å². The van der Waals surface area contributed by atoms with E-state index in [2.05, 4.69) is 19.1 Å². The second kappa shape index (κ2) is 6.75. The molecule has 3 nitrogen and oxygen atoms in total. The molecule has 0 amide bonds. The summed E-state index contributed by atoms with van der Waals surface area (Å²) in [7, 11) is 1.38. The van der Waals surface area contributed by atoms with Gasteiger partial charge in [0.2, 0.25) is 0 Å². The van der Waals surface area contributed by atoms with Crippen LogP contribution in [0.15, 0.2) is 65.6 Å². The molecule has 0 bridgehead atoms. The first kappa shape index (κ1) is 15.4. The standard InChI is InChI=1S/C19H16O3S/c1-13-3-9-18(10-4-13)23-22-17-8-7-14-11-16(19(20)21-2)6-5-15(14)12-17/h3-12H,1-2H3. The molecule has 0 saturated heterocycles. The van der Waals surface area contributed by atoms with Crippen molar-refractivity contribution in [3.8, 4) is 5.75 Å². The molecule has 0 aliphatic carbocycles. The Morgan fingerprint density at radius 3 is 2.35 bits per heavy atom. The summed E-state index contributed by atoms with van der Waals surface area (Å²) in [5.41, 5.74) is 1.77. The number of carbonyl (C=O) groups excluding carboxylic acids is 1. The summed E-state index contributed by atoms with van der Waals surface area (Å²) in [6.07, 6.45) is 0. The van der Waals surface area contributed by atoms with Crippen LogP contribution in [-0.2, 0) is 4.74 Å². The van der Waals surface area contributed by atoms with Gasteiger partial charge in [0.1, 0.15) is 5.75 Å². The van der Waals surface area contributed by atoms with Crippen molar-refractivity contribution >= 4 is 28.8 Å². The van der Waals surface area contributed by atoms with E-state index in [4.69, 9.17) is 8.92 Å². The fourth-order valence-corrected chi connectivity index (χ4v) is 2.75. The summed E-state index contributed by atoms with van der Waals surface area (Å²) >= 11 is 1.33. The van der Waals surface area contributed by atoms with Crippen molar-refractivity contribution in [2.45, 2.75) is 11.8 Å². The number of fused-ring (bicyclic) bond motifs is 1. The first-order chi connectivity index (χ1) is 11.2. The minimum atomic E-state index is -0.331. The molecule has 0 heterocycles. The Balaban J connectivity index is 1.77. The molecule has 0 aliphatic heterocycles. The van der Waals surface area contributed by atoms with Crippen LogP contribution in [0.1, 0.15) is 15.9 Å². The molecule has 0 aliphatic rings. The molecule has 0 unspecified atom stereocenters. The van der Waals surface area contributed by atoms with E-state index in [9.17, 15) is 4.79 Å². The van der Waals surface area contributed by atoms with Gasteiger partial charge in [0.05, 0.1) is 24.7 Å². The average Bonchev–Trinajstić information content (AvgIpc) is 2.60. The van der Waals surface area contributed by atoms with Crippen LogP contribution >= 0.6 is 12.0 Å². The van der Waals surface area contributed by atoms with E-state index in [1.165, 1.54) is 24.7 Å². The highest BCUT2D eigenvalue weighted by Crippen LogP contribution is 2.27. The van der Waals surface area contributed by atoms with Crippen molar-refractivity contribution in [2.24, 2.45) is 0 Å². The SMILES string of the molecule is COC(=O)c1ccc2cc(OSc3ccc(C)cc3)ccc2c1. The second-order valence-electron chi connectivity index (χ2n) is 5.20. The zero-order valence-corrected chi connectivity index (χ0v) is 13.7. The van der Waals surface area contributed by atoms with Crippen LogP contribution in [0.25, 0.3) is 10.8 Å². The highest BCUT2D eigenvalue weighted by atomic mass is 32.2. The maximum atomic E-state index is 11.6. The molecular formula is C19H16O3S. The van der Waals surface area contributed by atoms with E-state index in [-0.39, 0.29) is 5.97 Å². The number of rotatable bonds is 4. The first-order valence-corrected chi connectivity index (χ1v) is 7.93. The molecule has 0 fully saturated rings. The van der Waals surface area contributed by atoms with Gasteiger partial charge in [-0.1, -0.05) is 29.8 Å². The predicted octanol–water partition coefficient (Wildman–Crippen LogP) is 5.02. The molecule has 23 heavy (non-hydrogen) atoms. The molecule has 0 atom stereocenters. The van der Waals surface area contributed by atoms with Gasteiger partial charge < -0.3 is 8.92 Å². The fourth-order valence-electron chi connectivity index (χ4n) is 2.21. The molecule has 0 N–H and O–H groups in total. The van der Waals surface area contributed by atoms with Crippen LogP contribution in [0.2, 0.25) is 0 Å². The number of esters is 1. The van der Waals surface area contributed by atoms with Crippen LogP contribution in [0.4, 0.5) is 0 Å². The van der Waals surface area contributed by atoms with Gasteiger partial charge >= 0.3 is 5.97 Å². The molecule has 0 aromatic heterocycles. The second-order valence-corrected chi connectivity index (χ2v) is 6.00. The zero-order valence-electron chi connectivity index (χ0n) is 12.9. The molecule has 0 saturated carbocycles. The van der Waals surface area contributed by atoms with Gasteiger partial charge in [-0.05, 0) is 54.1 Å². The summed E-state index contributed by atoms with van der Waals surface area (Å²) in [5.74, 6) is 0.441. The van der Waals surface area contributed by atoms with Crippen molar-refractivity contribution in [3.63, 3.8) is 0 Å². The predicted molar refractivity (Wildman–Crippen MR) is 93.0 cm³/mol. The molecular weight excluding hydrogens is 308 g/mol. The highest BCUT2D eigenvalue weighted by molar-refractivity contribution is 7.95. The number of aryl methyl sites for hydroxylation is 1. The van der Waals surface area contributed by atoms with Crippen LogP contribution < -0.4 is 4.18 Å². The summed E-state index contributed by atoms with van der Waals surface area (Å²) in [4.78, 5) is 12.6. The van der Waals surface area contributed by atoms with Gasteiger partial charge in [-0.3, -0.25) is 0 Å². The molecule has 116 valence electrons. The highest BCUT2D eigenvalue weighted by Gasteiger charge is 2.07. The number of carbonyl (C=O) groups is 1. The number of hydrogen-bond donors (Lipinski definition) is 0. The third kappa shape index (κ3) is 3.66. The number of hydrogen-bond acceptors (Lipinski definition) is 4. The van der Waals surface area contributed by atoms with E-state index in [1.807, 2.05) is 42.5 Å². The lowest BCUT2D eigenvalue weighted by molar-refractivity contribution is 0.0601. The van der Waals surface area contributed by atoms with Crippen LogP contribution in [0, 0.1) is 6.92 Å². The number of ether oxygens (including phenoxy) is 1. The first-order valence-electron chi connectivity index (χ1n) is 7.19.